The topological polar surface area (TPSA) is 247 Å². The lowest BCUT2D eigenvalue weighted by Gasteiger charge is -2.18. The van der Waals surface area contributed by atoms with Crippen LogP contribution in [0.25, 0.3) is 0 Å². The maximum Gasteiger partial charge on any atom is 0.336 e. The lowest BCUT2D eigenvalue weighted by molar-refractivity contribution is -0.170. The summed E-state index contributed by atoms with van der Waals surface area (Å²) in [6, 6.07) is 0. The van der Waals surface area contributed by atoms with Crippen molar-refractivity contribution in [3.05, 3.63) is 12.2 Å². The quantitative estimate of drug-likeness (QED) is 0.125. The summed E-state index contributed by atoms with van der Waals surface area (Å²) in [7, 11) is 0. The first-order valence-electron chi connectivity index (χ1n) is 9.07. The van der Waals surface area contributed by atoms with Crippen LogP contribution in [0.4, 0.5) is 0 Å². The molecule has 180 valence electrons. The summed E-state index contributed by atoms with van der Waals surface area (Å²) in [5, 5.41) is 66.3. The van der Waals surface area contributed by atoms with Gasteiger partial charge >= 0.3 is 29.8 Å². The normalized spacial score (nSPS) is 10.3. The van der Waals surface area contributed by atoms with Gasteiger partial charge in [0.15, 0.2) is 5.60 Å². The van der Waals surface area contributed by atoms with Crippen molar-refractivity contribution in [2.24, 2.45) is 0 Å². The average Bonchev–Trinajstić information content (AvgIpc) is 2.62. The van der Waals surface area contributed by atoms with Gasteiger partial charge in [0.05, 0.1) is 12.8 Å². The number of unbranched alkanes of at least 4 members (excludes halogenated alkanes) is 5. The van der Waals surface area contributed by atoms with E-state index in [1.54, 1.807) is 0 Å². The molecule has 0 saturated carbocycles. The summed E-state index contributed by atoms with van der Waals surface area (Å²) >= 11 is 0. The third-order valence-electron chi connectivity index (χ3n) is 3.22. The first-order valence-corrected chi connectivity index (χ1v) is 9.07. The largest absolute Gasteiger partial charge is 0.481 e. The smallest absolute Gasteiger partial charge is 0.336 e. The molecule has 0 aliphatic heterocycles. The van der Waals surface area contributed by atoms with E-state index in [4.69, 9.17) is 40.9 Å². The molecule has 0 aliphatic carbocycles. The zero-order valence-corrected chi connectivity index (χ0v) is 16.8. The molecule has 0 saturated heterocycles. The maximum atomic E-state index is 10.3. The van der Waals surface area contributed by atoms with Crippen LogP contribution in [0.3, 0.4) is 0 Å². The predicted octanol–water partition coefficient (Wildman–Crippen LogP) is -0.225. The van der Waals surface area contributed by atoms with Crippen LogP contribution in [-0.2, 0) is 24.0 Å². The molecule has 0 aromatic heterocycles. The standard InChI is InChI=1S/C8H18O2.C6H8O7.C4H4O4/c9-7-5-3-1-2-4-6-8-10;7-3(8)1-6(13,5(11)12)2-4(9)10;5-3(6)1-2-4(7)8/h9-10H,1-8H2;13H,1-2H2,(H,7,8)(H,9,10)(H,11,12);1-2H,(H,5,6)(H,7,8)/b;;2-1-. The Morgan fingerprint density at radius 2 is 0.871 bits per heavy atom. The van der Waals surface area contributed by atoms with E-state index >= 15 is 0 Å². The molecule has 0 amide bonds. The van der Waals surface area contributed by atoms with Crippen LogP contribution < -0.4 is 0 Å². The molecule has 13 heteroatoms. The van der Waals surface area contributed by atoms with E-state index in [-0.39, 0.29) is 0 Å². The Kier molecular flexibility index (Phi) is 21.3. The van der Waals surface area contributed by atoms with Crippen molar-refractivity contribution in [1.82, 2.24) is 0 Å². The number of aliphatic carboxylic acids is 5. The fourth-order valence-electron chi connectivity index (χ4n) is 1.79. The van der Waals surface area contributed by atoms with Gasteiger partial charge in [-0.1, -0.05) is 25.7 Å². The number of aliphatic hydroxyl groups is 3. The van der Waals surface area contributed by atoms with Gasteiger partial charge in [0.1, 0.15) is 0 Å². The predicted molar refractivity (Wildman–Crippen MR) is 103 cm³/mol. The highest BCUT2D eigenvalue weighted by Gasteiger charge is 2.40. The molecule has 8 N–H and O–H groups in total. The lowest BCUT2D eigenvalue weighted by atomic mass is 9.96. The number of hydrogen-bond donors (Lipinski definition) is 8. The van der Waals surface area contributed by atoms with Gasteiger partial charge < -0.3 is 40.9 Å². The minimum Gasteiger partial charge on any atom is -0.481 e. The molecular formula is C18H30O13. The fraction of sp³-hybridized carbons (Fsp3) is 0.611. The van der Waals surface area contributed by atoms with Gasteiger partial charge in [-0.2, -0.15) is 0 Å². The molecule has 0 radical (unpaired) electrons. The van der Waals surface area contributed by atoms with Crippen LogP contribution in [-0.4, -0.2) is 89.5 Å². The van der Waals surface area contributed by atoms with Crippen molar-refractivity contribution >= 4 is 29.8 Å². The van der Waals surface area contributed by atoms with Crippen LogP contribution in [0.15, 0.2) is 12.2 Å². The molecule has 0 aromatic rings. The minimum absolute atomic E-state index is 0.319. The van der Waals surface area contributed by atoms with Gasteiger partial charge in [0.2, 0.25) is 0 Å². The van der Waals surface area contributed by atoms with E-state index in [0.717, 1.165) is 25.7 Å². The van der Waals surface area contributed by atoms with Crippen molar-refractivity contribution in [3.63, 3.8) is 0 Å². The number of hydrogen-bond acceptors (Lipinski definition) is 8. The molecule has 0 spiro atoms. The Labute approximate surface area is 177 Å². The van der Waals surface area contributed by atoms with E-state index in [9.17, 15) is 24.0 Å². The van der Waals surface area contributed by atoms with Crippen molar-refractivity contribution in [3.8, 4) is 0 Å². The molecule has 0 unspecified atom stereocenters. The highest BCUT2D eigenvalue weighted by molar-refractivity contribution is 5.89. The van der Waals surface area contributed by atoms with Crippen molar-refractivity contribution in [1.29, 1.82) is 0 Å². The van der Waals surface area contributed by atoms with Gasteiger partial charge in [0.25, 0.3) is 0 Å². The average molecular weight is 454 g/mol. The molecule has 0 rings (SSSR count). The molecule has 0 heterocycles. The SMILES string of the molecule is O=C(O)/C=C\C(=O)O.O=C(O)CC(O)(CC(=O)O)C(=O)O.OCCCCCCCCO. The summed E-state index contributed by atoms with van der Waals surface area (Å²) in [5.74, 6) is -7.53. The summed E-state index contributed by atoms with van der Waals surface area (Å²) in [6.07, 6.45) is 5.33. The second-order valence-corrected chi connectivity index (χ2v) is 6.06. The van der Waals surface area contributed by atoms with Crippen molar-refractivity contribution < 1.29 is 64.8 Å². The number of carbonyl (C=O) groups is 5. The number of rotatable bonds is 14. The summed E-state index contributed by atoms with van der Waals surface area (Å²) < 4.78 is 0. The first kappa shape index (κ1) is 32.6. The summed E-state index contributed by atoms with van der Waals surface area (Å²) in [4.78, 5) is 49.6. The Bertz CT molecular complexity index is 543. The Morgan fingerprint density at radius 1 is 0.581 bits per heavy atom. The molecule has 0 bridgehead atoms. The van der Waals surface area contributed by atoms with Crippen molar-refractivity contribution in [2.75, 3.05) is 13.2 Å². The molecule has 31 heavy (non-hydrogen) atoms. The number of carboxylic acids is 5. The van der Waals surface area contributed by atoms with Gasteiger partial charge in [-0.05, 0) is 12.8 Å². The Morgan fingerprint density at radius 3 is 1.06 bits per heavy atom. The third-order valence-corrected chi connectivity index (χ3v) is 3.22. The molecule has 0 fully saturated rings. The lowest BCUT2D eigenvalue weighted by Crippen LogP contribution is -2.42. The molecule has 13 nitrogen and oxygen atoms in total. The Balaban J connectivity index is -0.000000392. The summed E-state index contributed by atoms with van der Waals surface area (Å²) in [6.45, 7) is 0.639. The van der Waals surface area contributed by atoms with E-state index in [0.29, 0.717) is 25.4 Å². The third kappa shape index (κ3) is 27.0. The van der Waals surface area contributed by atoms with Crippen LogP contribution in [0, 0.1) is 0 Å². The Hall–Kier alpha value is -3.03. The second kappa shape index (κ2) is 20.3. The number of carboxylic acid groups (broad SMARTS) is 5. The highest BCUT2D eigenvalue weighted by atomic mass is 16.4. The van der Waals surface area contributed by atoms with Crippen LogP contribution in [0.2, 0.25) is 0 Å². The van der Waals surface area contributed by atoms with Gasteiger partial charge in [-0.25, -0.2) is 14.4 Å². The van der Waals surface area contributed by atoms with Gasteiger partial charge in [-0.3, -0.25) is 9.59 Å². The monoisotopic (exact) mass is 454 g/mol. The maximum absolute atomic E-state index is 10.3. The van der Waals surface area contributed by atoms with Crippen molar-refractivity contribution in [2.45, 2.75) is 57.0 Å². The highest BCUT2D eigenvalue weighted by Crippen LogP contribution is 2.15. The zero-order chi connectivity index (χ0) is 24.9. The first-order chi connectivity index (χ1) is 14.3. The zero-order valence-electron chi connectivity index (χ0n) is 16.8. The van der Waals surface area contributed by atoms with Crippen LogP contribution in [0.5, 0.6) is 0 Å². The van der Waals surface area contributed by atoms with E-state index in [1.165, 1.54) is 12.8 Å². The van der Waals surface area contributed by atoms with E-state index in [2.05, 4.69) is 0 Å². The molecule has 0 atom stereocenters. The molecular weight excluding hydrogens is 424 g/mol. The van der Waals surface area contributed by atoms with Gasteiger partial charge in [-0.15, -0.1) is 0 Å². The second-order valence-electron chi connectivity index (χ2n) is 6.06. The van der Waals surface area contributed by atoms with E-state index < -0.39 is 48.3 Å². The summed E-state index contributed by atoms with van der Waals surface area (Å²) in [5.41, 5.74) is -2.74. The van der Waals surface area contributed by atoms with Crippen LogP contribution >= 0.6 is 0 Å². The van der Waals surface area contributed by atoms with Crippen LogP contribution in [0.1, 0.15) is 51.4 Å². The molecule has 0 aliphatic rings. The van der Waals surface area contributed by atoms with Gasteiger partial charge in [0, 0.05) is 25.4 Å². The minimum atomic E-state index is -2.74. The molecule has 0 aromatic carbocycles. The fourth-order valence-corrected chi connectivity index (χ4v) is 1.79. The number of aliphatic hydroxyl groups excluding tert-OH is 2. The van der Waals surface area contributed by atoms with E-state index in [1.807, 2.05) is 0 Å².